The molecule has 24 heavy (non-hydrogen) atoms. The van der Waals surface area contributed by atoms with Crippen molar-refractivity contribution >= 4 is 17.9 Å². The standard InChI is InChI=1S/C16H24N4O4/c1-15(2,3)23-13(21)18-6-7-20-12(9-18)11(8-17-20)19-10-16(4,5)24-14(19)22/h8H,6-7,9-10H2,1-5H3. The number of nitrogens with zero attached hydrogens (tertiary/aromatic N) is 4. The van der Waals surface area contributed by atoms with Gasteiger partial charge in [-0.3, -0.25) is 9.58 Å². The molecule has 3 heterocycles. The molecule has 0 spiro atoms. The molecule has 0 aromatic carbocycles. The van der Waals surface area contributed by atoms with E-state index in [1.165, 1.54) is 0 Å². The Bertz CT molecular complexity index is 674. The summed E-state index contributed by atoms with van der Waals surface area (Å²) in [4.78, 5) is 27.7. The van der Waals surface area contributed by atoms with Crippen LogP contribution in [0.3, 0.4) is 0 Å². The van der Waals surface area contributed by atoms with Crippen molar-refractivity contribution < 1.29 is 19.1 Å². The second-order valence-corrected chi connectivity index (χ2v) is 7.82. The first-order chi connectivity index (χ1) is 11.1. The monoisotopic (exact) mass is 336 g/mol. The predicted octanol–water partition coefficient (Wildman–Crippen LogP) is 2.37. The van der Waals surface area contributed by atoms with Gasteiger partial charge in [-0.1, -0.05) is 0 Å². The van der Waals surface area contributed by atoms with Gasteiger partial charge in [-0.15, -0.1) is 0 Å². The quantitative estimate of drug-likeness (QED) is 0.787. The highest BCUT2D eigenvalue weighted by Gasteiger charge is 2.41. The molecule has 1 aromatic rings. The van der Waals surface area contributed by atoms with Gasteiger partial charge in [0.15, 0.2) is 0 Å². The third kappa shape index (κ3) is 3.18. The highest BCUT2D eigenvalue weighted by molar-refractivity contribution is 5.90. The number of carbonyl (C=O) groups is 2. The van der Waals surface area contributed by atoms with Crippen molar-refractivity contribution in [1.29, 1.82) is 0 Å². The first kappa shape index (κ1) is 16.6. The predicted molar refractivity (Wildman–Crippen MR) is 86.8 cm³/mol. The number of cyclic esters (lactones) is 1. The molecular weight excluding hydrogens is 312 g/mol. The van der Waals surface area contributed by atoms with Crippen LogP contribution in [-0.4, -0.2) is 51.2 Å². The number of hydrogen-bond acceptors (Lipinski definition) is 5. The Labute approximate surface area is 141 Å². The van der Waals surface area contributed by atoms with Crippen molar-refractivity contribution in [2.24, 2.45) is 0 Å². The zero-order valence-electron chi connectivity index (χ0n) is 14.8. The summed E-state index contributed by atoms with van der Waals surface area (Å²) < 4.78 is 12.6. The lowest BCUT2D eigenvalue weighted by molar-refractivity contribution is 0.0195. The van der Waals surface area contributed by atoms with Crippen LogP contribution in [0.5, 0.6) is 0 Å². The van der Waals surface area contributed by atoms with Gasteiger partial charge >= 0.3 is 12.2 Å². The molecule has 0 aliphatic carbocycles. The maximum atomic E-state index is 12.3. The maximum Gasteiger partial charge on any atom is 0.415 e. The van der Waals surface area contributed by atoms with Crippen LogP contribution in [0.2, 0.25) is 0 Å². The fourth-order valence-electron chi connectivity index (χ4n) is 2.89. The fraction of sp³-hybridized carbons (Fsp3) is 0.688. The largest absolute Gasteiger partial charge is 0.444 e. The molecule has 8 heteroatoms. The van der Waals surface area contributed by atoms with Crippen LogP contribution in [0.1, 0.15) is 40.3 Å². The molecule has 2 amide bonds. The lowest BCUT2D eigenvalue weighted by Crippen LogP contribution is -2.42. The summed E-state index contributed by atoms with van der Waals surface area (Å²) in [5, 5.41) is 4.34. The summed E-state index contributed by atoms with van der Waals surface area (Å²) in [5.74, 6) is 0. The Morgan fingerprint density at radius 1 is 1.33 bits per heavy atom. The minimum Gasteiger partial charge on any atom is -0.444 e. The number of fused-ring (bicyclic) bond motifs is 1. The van der Waals surface area contributed by atoms with Crippen molar-refractivity contribution in [3.05, 3.63) is 11.9 Å². The molecule has 0 saturated carbocycles. The normalized spacial score (nSPS) is 20.0. The molecule has 132 valence electrons. The van der Waals surface area contributed by atoms with Crippen LogP contribution in [0.4, 0.5) is 15.3 Å². The molecule has 2 aliphatic rings. The van der Waals surface area contributed by atoms with Crippen LogP contribution in [0, 0.1) is 0 Å². The molecule has 0 bridgehead atoms. The van der Waals surface area contributed by atoms with E-state index in [1.807, 2.05) is 39.3 Å². The fourth-order valence-corrected chi connectivity index (χ4v) is 2.89. The second-order valence-electron chi connectivity index (χ2n) is 7.82. The lowest BCUT2D eigenvalue weighted by Gasteiger charge is -2.31. The zero-order chi connectivity index (χ0) is 17.7. The Morgan fingerprint density at radius 3 is 2.62 bits per heavy atom. The molecule has 0 radical (unpaired) electrons. The van der Waals surface area contributed by atoms with E-state index < -0.39 is 11.2 Å². The number of carbonyl (C=O) groups excluding carboxylic acids is 2. The van der Waals surface area contributed by atoms with Gasteiger partial charge < -0.3 is 14.4 Å². The number of aromatic nitrogens is 2. The SMILES string of the molecule is CC(C)(C)OC(=O)N1CCn2ncc(N3CC(C)(C)OC3=O)c2C1. The molecule has 0 unspecified atom stereocenters. The minimum absolute atomic E-state index is 0.356. The zero-order valence-corrected chi connectivity index (χ0v) is 14.8. The van der Waals surface area contributed by atoms with Crippen LogP contribution < -0.4 is 4.90 Å². The summed E-state index contributed by atoms with van der Waals surface area (Å²) in [5.41, 5.74) is 0.437. The van der Waals surface area contributed by atoms with Gasteiger partial charge in [-0.05, 0) is 34.6 Å². The molecule has 1 fully saturated rings. The van der Waals surface area contributed by atoms with Crippen LogP contribution >= 0.6 is 0 Å². The van der Waals surface area contributed by atoms with Gasteiger partial charge in [0.25, 0.3) is 0 Å². The minimum atomic E-state index is -0.541. The van der Waals surface area contributed by atoms with E-state index in [2.05, 4.69) is 5.10 Å². The highest BCUT2D eigenvalue weighted by Crippen LogP contribution is 2.32. The first-order valence-electron chi connectivity index (χ1n) is 8.09. The molecule has 1 aromatic heterocycles. The third-order valence-corrected chi connectivity index (χ3v) is 3.91. The number of anilines is 1. The van der Waals surface area contributed by atoms with Gasteiger partial charge in [-0.25, -0.2) is 9.59 Å². The summed E-state index contributed by atoms with van der Waals surface area (Å²) in [7, 11) is 0. The van der Waals surface area contributed by atoms with Gasteiger partial charge in [0.2, 0.25) is 0 Å². The number of ether oxygens (including phenoxy) is 2. The van der Waals surface area contributed by atoms with E-state index in [0.717, 1.165) is 5.69 Å². The smallest absolute Gasteiger partial charge is 0.415 e. The summed E-state index contributed by atoms with van der Waals surface area (Å²) >= 11 is 0. The molecule has 2 aliphatic heterocycles. The Morgan fingerprint density at radius 2 is 2.04 bits per heavy atom. The number of rotatable bonds is 1. The molecule has 0 atom stereocenters. The van der Waals surface area contributed by atoms with E-state index in [-0.39, 0.29) is 12.2 Å². The molecule has 1 saturated heterocycles. The summed E-state index contributed by atoms with van der Waals surface area (Å²) in [6.45, 7) is 11.2. The van der Waals surface area contributed by atoms with Crippen molar-refractivity contribution in [1.82, 2.24) is 14.7 Å². The third-order valence-electron chi connectivity index (χ3n) is 3.91. The van der Waals surface area contributed by atoms with Crippen molar-refractivity contribution in [3.63, 3.8) is 0 Å². The summed E-state index contributed by atoms with van der Waals surface area (Å²) in [6.07, 6.45) is 0.923. The van der Waals surface area contributed by atoms with Crippen molar-refractivity contribution in [2.45, 2.75) is 58.9 Å². The van der Waals surface area contributed by atoms with Crippen molar-refractivity contribution in [3.8, 4) is 0 Å². The highest BCUT2D eigenvalue weighted by atomic mass is 16.6. The average molecular weight is 336 g/mol. The van der Waals surface area contributed by atoms with E-state index in [1.54, 1.807) is 16.0 Å². The first-order valence-corrected chi connectivity index (χ1v) is 8.09. The second kappa shape index (κ2) is 5.39. The average Bonchev–Trinajstić information content (AvgIpc) is 2.96. The molecule has 0 N–H and O–H groups in total. The van der Waals surface area contributed by atoms with E-state index in [0.29, 0.717) is 31.9 Å². The number of amides is 2. The van der Waals surface area contributed by atoms with Gasteiger partial charge in [0.1, 0.15) is 11.2 Å². The Kier molecular flexibility index (Phi) is 3.73. The molecule has 8 nitrogen and oxygen atoms in total. The van der Waals surface area contributed by atoms with Gasteiger partial charge in [-0.2, -0.15) is 5.10 Å². The Hall–Kier alpha value is -2.25. The maximum absolute atomic E-state index is 12.3. The molecule has 3 rings (SSSR count). The van der Waals surface area contributed by atoms with Crippen LogP contribution in [0.15, 0.2) is 6.20 Å². The van der Waals surface area contributed by atoms with Gasteiger partial charge in [0, 0.05) is 6.54 Å². The summed E-state index contributed by atoms with van der Waals surface area (Å²) in [6, 6.07) is 0. The van der Waals surface area contributed by atoms with Crippen LogP contribution in [0.25, 0.3) is 0 Å². The Balaban J connectivity index is 1.81. The van der Waals surface area contributed by atoms with E-state index in [4.69, 9.17) is 9.47 Å². The topological polar surface area (TPSA) is 76.9 Å². The lowest BCUT2D eigenvalue weighted by atomic mass is 10.1. The van der Waals surface area contributed by atoms with E-state index in [9.17, 15) is 9.59 Å². The molecular formula is C16H24N4O4. The number of hydrogen-bond donors (Lipinski definition) is 0. The van der Waals surface area contributed by atoms with Gasteiger partial charge in [0.05, 0.1) is 37.2 Å². The van der Waals surface area contributed by atoms with E-state index >= 15 is 0 Å². The van der Waals surface area contributed by atoms with Crippen molar-refractivity contribution in [2.75, 3.05) is 18.0 Å². The van der Waals surface area contributed by atoms with Crippen LogP contribution in [-0.2, 0) is 22.6 Å².